The Morgan fingerprint density at radius 3 is 2.50 bits per heavy atom. The number of carbonyl (C=O) groups excluding carboxylic acids is 2. The van der Waals surface area contributed by atoms with E-state index in [1.807, 2.05) is 46.3 Å². The van der Waals surface area contributed by atoms with Crippen LogP contribution in [0, 0.1) is 5.41 Å². The molecule has 0 bridgehead atoms. The monoisotopic (exact) mass is 377 g/mol. The summed E-state index contributed by atoms with van der Waals surface area (Å²) in [5, 5.41) is 0. The molecule has 2 fully saturated rings. The summed E-state index contributed by atoms with van der Waals surface area (Å²) in [5.41, 5.74) is 2.32. The highest BCUT2D eigenvalue weighted by atomic mass is 16.2. The molecular formula is C23H27N3O2. The molecule has 146 valence electrons. The van der Waals surface area contributed by atoms with Crippen molar-refractivity contribution in [1.82, 2.24) is 14.8 Å². The van der Waals surface area contributed by atoms with Crippen LogP contribution in [0.4, 0.5) is 0 Å². The van der Waals surface area contributed by atoms with Crippen molar-refractivity contribution in [2.45, 2.75) is 38.6 Å². The van der Waals surface area contributed by atoms with E-state index in [2.05, 4.69) is 17.1 Å². The zero-order chi connectivity index (χ0) is 19.4. The summed E-state index contributed by atoms with van der Waals surface area (Å²) >= 11 is 0. The van der Waals surface area contributed by atoms with Gasteiger partial charge in [0.15, 0.2) is 0 Å². The Balaban J connectivity index is 1.28. The van der Waals surface area contributed by atoms with Gasteiger partial charge in [-0.05, 0) is 36.5 Å². The number of piperidine rings is 1. The van der Waals surface area contributed by atoms with Gasteiger partial charge in [-0.25, -0.2) is 0 Å². The van der Waals surface area contributed by atoms with Crippen LogP contribution in [-0.4, -0.2) is 46.2 Å². The van der Waals surface area contributed by atoms with Crippen LogP contribution in [0.5, 0.6) is 0 Å². The maximum absolute atomic E-state index is 12.6. The lowest BCUT2D eigenvalue weighted by molar-refractivity contribution is -0.133. The zero-order valence-electron chi connectivity index (χ0n) is 16.2. The first-order valence-corrected chi connectivity index (χ1v) is 10.1. The molecule has 2 aliphatic rings. The Labute approximate surface area is 166 Å². The van der Waals surface area contributed by atoms with Gasteiger partial charge in [-0.3, -0.25) is 14.6 Å². The molecule has 0 atom stereocenters. The van der Waals surface area contributed by atoms with Crippen molar-refractivity contribution in [2.24, 2.45) is 5.41 Å². The molecule has 28 heavy (non-hydrogen) atoms. The number of aromatic nitrogens is 1. The van der Waals surface area contributed by atoms with Crippen LogP contribution in [-0.2, 0) is 22.6 Å². The molecular weight excluding hydrogens is 350 g/mol. The van der Waals surface area contributed by atoms with Crippen LogP contribution in [0.2, 0.25) is 0 Å². The molecule has 0 N–H and O–H groups in total. The largest absolute Gasteiger partial charge is 0.343 e. The SMILES string of the molecule is O=C(CCc1cccnc1)N1CCC2(CC1)CC(=O)N(Cc1ccccc1)C2. The first-order chi connectivity index (χ1) is 13.6. The van der Waals surface area contributed by atoms with Gasteiger partial charge in [-0.15, -0.1) is 0 Å². The van der Waals surface area contributed by atoms with Crippen molar-refractivity contribution in [3.05, 3.63) is 66.0 Å². The molecule has 0 radical (unpaired) electrons. The molecule has 5 nitrogen and oxygen atoms in total. The van der Waals surface area contributed by atoms with E-state index in [9.17, 15) is 9.59 Å². The molecule has 2 saturated heterocycles. The van der Waals surface area contributed by atoms with Crippen molar-refractivity contribution in [2.75, 3.05) is 19.6 Å². The van der Waals surface area contributed by atoms with Crippen molar-refractivity contribution >= 4 is 11.8 Å². The van der Waals surface area contributed by atoms with E-state index in [1.165, 1.54) is 5.56 Å². The molecule has 0 saturated carbocycles. The molecule has 1 aromatic carbocycles. The van der Waals surface area contributed by atoms with E-state index < -0.39 is 0 Å². The number of hydrogen-bond donors (Lipinski definition) is 0. The Hall–Kier alpha value is -2.69. The molecule has 0 unspecified atom stereocenters. The maximum atomic E-state index is 12.6. The van der Waals surface area contributed by atoms with Gasteiger partial charge in [0, 0.05) is 56.8 Å². The lowest BCUT2D eigenvalue weighted by Crippen LogP contribution is -2.44. The predicted octanol–water partition coefficient (Wildman–Crippen LogP) is 3.06. The minimum atomic E-state index is 0.0476. The average molecular weight is 377 g/mol. The number of carbonyl (C=O) groups is 2. The van der Waals surface area contributed by atoms with Crippen LogP contribution < -0.4 is 0 Å². The Morgan fingerprint density at radius 2 is 1.79 bits per heavy atom. The highest BCUT2D eigenvalue weighted by Crippen LogP contribution is 2.41. The van der Waals surface area contributed by atoms with E-state index in [0.29, 0.717) is 19.4 Å². The lowest BCUT2D eigenvalue weighted by atomic mass is 9.77. The number of amides is 2. The van der Waals surface area contributed by atoms with Crippen LogP contribution >= 0.6 is 0 Å². The molecule has 2 amide bonds. The van der Waals surface area contributed by atoms with Crippen molar-refractivity contribution in [3.8, 4) is 0 Å². The van der Waals surface area contributed by atoms with Crippen LogP contribution in [0.1, 0.15) is 36.8 Å². The maximum Gasteiger partial charge on any atom is 0.223 e. The van der Waals surface area contributed by atoms with E-state index in [0.717, 1.165) is 44.5 Å². The van der Waals surface area contributed by atoms with Gasteiger partial charge in [0.05, 0.1) is 0 Å². The number of rotatable bonds is 5. The zero-order valence-corrected chi connectivity index (χ0v) is 16.2. The van der Waals surface area contributed by atoms with E-state index in [1.54, 1.807) is 6.20 Å². The van der Waals surface area contributed by atoms with Gasteiger partial charge in [0.1, 0.15) is 0 Å². The summed E-state index contributed by atoms with van der Waals surface area (Å²) in [6.07, 6.45) is 7.29. The molecule has 2 aliphatic heterocycles. The standard InChI is InChI=1S/C23H27N3O2/c27-21(9-8-19-7-4-12-24-16-19)25-13-10-23(11-14-25)15-22(28)26(18-23)17-20-5-2-1-3-6-20/h1-7,12,16H,8-11,13-15,17-18H2. The summed E-state index contributed by atoms with van der Waals surface area (Å²) in [7, 11) is 0. The number of aryl methyl sites for hydroxylation is 1. The van der Waals surface area contributed by atoms with Crippen LogP contribution in [0.15, 0.2) is 54.9 Å². The second-order valence-corrected chi connectivity index (χ2v) is 8.15. The first-order valence-electron chi connectivity index (χ1n) is 10.1. The van der Waals surface area contributed by atoms with Crippen molar-refractivity contribution in [3.63, 3.8) is 0 Å². The van der Waals surface area contributed by atoms with Crippen LogP contribution in [0.25, 0.3) is 0 Å². The molecule has 3 heterocycles. The highest BCUT2D eigenvalue weighted by molar-refractivity contribution is 5.80. The van der Waals surface area contributed by atoms with E-state index in [-0.39, 0.29) is 17.2 Å². The number of nitrogens with zero attached hydrogens (tertiary/aromatic N) is 3. The number of benzene rings is 1. The molecule has 1 spiro atoms. The fourth-order valence-electron chi connectivity index (χ4n) is 4.45. The van der Waals surface area contributed by atoms with Crippen LogP contribution in [0.3, 0.4) is 0 Å². The van der Waals surface area contributed by atoms with Gasteiger partial charge in [0.25, 0.3) is 0 Å². The van der Waals surface area contributed by atoms with E-state index >= 15 is 0 Å². The Morgan fingerprint density at radius 1 is 1.04 bits per heavy atom. The predicted molar refractivity (Wildman–Crippen MR) is 107 cm³/mol. The molecule has 0 aliphatic carbocycles. The topological polar surface area (TPSA) is 53.5 Å². The normalized spacial score (nSPS) is 18.6. The van der Waals surface area contributed by atoms with Gasteiger partial charge in [-0.2, -0.15) is 0 Å². The summed E-state index contributed by atoms with van der Waals surface area (Å²) in [6.45, 7) is 3.03. The number of likely N-dealkylation sites (tertiary alicyclic amines) is 2. The van der Waals surface area contributed by atoms with Gasteiger partial charge < -0.3 is 9.80 Å². The molecule has 2 aromatic rings. The van der Waals surface area contributed by atoms with Crippen molar-refractivity contribution in [1.29, 1.82) is 0 Å². The second-order valence-electron chi connectivity index (χ2n) is 8.15. The van der Waals surface area contributed by atoms with Gasteiger partial charge in [0.2, 0.25) is 11.8 Å². The summed E-state index contributed by atoms with van der Waals surface area (Å²) < 4.78 is 0. The third-order valence-corrected chi connectivity index (χ3v) is 6.15. The highest BCUT2D eigenvalue weighted by Gasteiger charge is 2.45. The summed E-state index contributed by atoms with van der Waals surface area (Å²) in [4.78, 5) is 33.2. The van der Waals surface area contributed by atoms with Gasteiger partial charge in [-0.1, -0.05) is 36.4 Å². The minimum absolute atomic E-state index is 0.0476. The Kier molecular flexibility index (Phi) is 5.42. The smallest absolute Gasteiger partial charge is 0.223 e. The Bertz CT molecular complexity index is 814. The lowest BCUT2D eigenvalue weighted by Gasteiger charge is -2.39. The number of hydrogen-bond acceptors (Lipinski definition) is 3. The fraction of sp³-hybridized carbons (Fsp3) is 0.435. The molecule has 4 rings (SSSR count). The summed E-state index contributed by atoms with van der Waals surface area (Å²) in [6, 6.07) is 14.1. The fourth-order valence-corrected chi connectivity index (χ4v) is 4.45. The second kappa shape index (κ2) is 8.13. The third kappa shape index (κ3) is 4.24. The quantitative estimate of drug-likeness (QED) is 0.805. The van der Waals surface area contributed by atoms with Gasteiger partial charge >= 0.3 is 0 Å². The molecule has 1 aromatic heterocycles. The summed E-state index contributed by atoms with van der Waals surface area (Å²) in [5.74, 6) is 0.462. The average Bonchev–Trinajstić information content (AvgIpc) is 3.02. The first kappa shape index (κ1) is 18.7. The third-order valence-electron chi connectivity index (χ3n) is 6.15. The molecule has 5 heteroatoms. The minimum Gasteiger partial charge on any atom is -0.343 e. The number of pyridine rings is 1. The van der Waals surface area contributed by atoms with E-state index in [4.69, 9.17) is 0 Å². The van der Waals surface area contributed by atoms with Crippen molar-refractivity contribution < 1.29 is 9.59 Å².